The Kier molecular flexibility index (Phi) is 5.83. The third-order valence-electron chi connectivity index (χ3n) is 4.17. The van der Waals surface area contributed by atoms with Gasteiger partial charge < -0.3 is 0 Å². The largest absolute Gasteiger partial charge is 0.389 e. The second kappa shape index (κ2) is 6.73. The highest BCUT2D eigenvalue weighted by molar-refractivity contribution is 5.88. The first-order valence-electron chi connectivity index (χ1n) is 7.05. The number of carbonyl (C=O) groups is 1. The van der Waals surface area contributed by atoms with Crippen LogP contribution in [0.15, 0.2) is 0 Å². The van der Waals surface area contributed by atoms with Gasteiger partial charge in [0.2, 0.25) is 0 Å². The van der Waals surface area contributed by atoms with Gasteiger partial charge in [-0.05, 0) is 33.4 Å². The maximum absolute atomic E-state index is 12.4. The fraction of sp³-hybridized carbons (Fsp3) is 0.929. The lowest BCUT2D eigenvalue weighted by Crippen LogP contribution is -2.50. The molecule has 0 amide bonds. The Hall–Kier alpha value is -0.580. The smallest absolute Gasteiger partial charge is 0.298 e. The maximum atomic E-state index is 12.4. The van der Waals surface area contributed by atoms with Crippen LogP contribution in [-0.4, -0.2) is 36.5 Å². The van der Waals surface area contributed by atoms with Gasteiger partial charge in [0, 0.05) is 12.8 Å². The first-order valence-corrected chi connectivity index (χ1v) is 7.05. The zero-order valence-electron chi connectivity index (χ0n) is 11.9. The molecule has 1 fully saturated rings. The van der Waals surface area contributed by atoms with Gasteiger partial charge in [0.15, 0.2) is 5.78 Å². The van der Waals surface area contributed by atoms with Crippen LogP contribution in [0.2, 0.25) is 0 Å². The third-order valence-corrected chi connectivity index (χ3v) is 4.17. The van der Waals surface area contributed by atoms with E-state index in [-0.39, 0.29) is 18.6 Å². The summed E-state index contributed by atoms with van der Waals surface area (Å²) in [6.07, 6.45) is 0.714. The van der Waals surface area contributed by atoms with Crippen LogP contribution in [0, 0.1) is 0 Å². The number of hydrogen-bond donors (Lipinski definition) is 0. The van der Waals surface area contributed by atoms with Crippen molar-refractivity contribution in [2.75, 3.05) is 14.1 Å². The van der Waals surface area contributed by atoms with Crippen molar-refractivity contribution in [3.05, 3.63) is 0 Å². The van der Waals surface area contributed by atoms with E-state index in [9.17, 15) is 18.0 Å². The highest BCUT2D eigenvalue weighted by atomic mass is 19.4. The Bertz CT molecular complexity index is 292. The summed E-state index contributed by atoms with van der Waals surface area (Å²) in [6, 6.07) is 0. The number of alkyl halides is 3. The van der Waals surface area contributed by atoms with Crippen LogP contribution in [0.5, 0.6) is 0 Å². The van der Waals surface area contributed by atoms with Gasteiger partial charge in [-0.1, -0.05) is 25.7 Å². The Labute approximate surface area is 113 Å². The molecule has 0 aromatic carbocycles. The molecular weight excluding hydrogens is 255 g/mol. The number of ketones is 1. The molecule has 0 saturated heterocycles. The molecule has 0 spiro atoms. The average Bonchev–Trinajstić information content (AvgIpc) is 2.53. The molecule has 1 saturated carbocycles. The van der Waals surface area contributed by atoms with Crippen molar-refractivity contribution < 1.29 is 18.0 Å². The summed E-state index contributed by atoms with van der Waals surface area (Å²) in [5.74, 6) is -0.0105. The first-order chi connectivity index (χ1) is 8.78. The summed E-state index contributed by atoms with van der Waals surface area (Å²) in [5, 5.41) is 0. The predicted octanol–water partition coefficient (Wildman–Crippen LogP) is 3.94. The monoisotopic (exact) mass is 279 g/mol. The average molecular weight is 279 g/mol. The number of likely N-dealkylation sites (N-methyl/N-ethyl adjacent to an activating group) is 1. The minimum atomic E-state index is -4.16. The quantitative estimate of drug-likeness (QED) is 0.710. The summed E-state index contributed by atoms with van der Waals surface area (Å²) >= 11 is 0. The molecule has 0 unspecified atom stereocenters. The Morgan fingerprint density at radius 2 is 1.63 bits per heavy atom. The summed E-state index contributed by atoms with van der Waals surface area (Å²) in [4.78, 5) is 14.3. The molecule has 5 heteroatoms. The zero-order valence-corrected chi connectivity index (χ0v) is 11.9. The zero-order chi connectivity index (χ0) is 14.5. The van der Waals surface area contributed by atoms with E-state index in [2.05, 4.69) is 0 Å². The molecule has 19 heavy (non-hydrogen) atoms. The topological polar surface area (TPSA) is 20.3 Å². The second-order valence-corrected chi connectivity index (χ2v) is 5.73. The number of halogens is 3. The lowest BCUT2D eigenvalue weighted by atomic mass is 9.82. The van der Waals surface area contributed by atoms with Crippen molar-refractivity contribution in [3.8, 4) is 0 Å². The molecule has 112 valence electrons. The third kappa shape index (κ3) is 4.79. The SMILES string of the molecule is CN(C)C1(C(=O)CCCC(F)(F)F)CCCCCC1. The summed E-state index contributed by atoms with van der Waals surface area (Å²) in [7, 11) is 3.74. The standard InChI is InChI=1S/C14H24F3NO/c1-18(2)13(9-5-3-4-6-10-13)12(19)8-7-11-14(15,16)17/h3-11H2,1-2H3. The molecule has 0 heterocycles. The molecule has 2 nitrogen and oxygen atoms in total. The van der Waals surface area contributed by atoms with Gasteiger partial charge in [0.25, 0.3) is 0 Å². The number of rotatable bonds is 5. The first kappa shape index (κ1) is 16.5. The van der Waals surface area contributed by atoms with Crippen LogP contribution in [0.1, 0.15) is 57.8 Å². The Morgan fingerprint density at radius 3 is 2.05 bits per heavy atom. The normalized spacial score (nSPS) is 20.3. The van der Waals surface area contributed by atoms with Crippen LogP contribution >= 0.6 is 0 Å². The fourth-order valence-electron chi connectivity index (χ4n) is 2.97. The van der Waals surface area contributed by atoms with Crippen molar-refractivity contribution >= 4 is 5.78 Å². The van der Waals surface area contributed by atoms with Crippen LogP contribution in [0.25, 0.3) is 0 Å². The van der Waals surface area contributed by atoms with E-state index in [0.29, 0.717) is 0 Å². The second-order valence-electron chi connectivity index (χ2n) is 5.73. The maximum Gasteiger partial charge on any atom is 0.389 e. The van der Waals surface area contributed by atoms with E-state index < -0.39 is 18.1 Å². The summed E-state index contributed by atoms with van der Waals surface area (Å²) in [6.45, 7) is 0. The van der Waals surface area contributed by atoms with E-state index in [1.54, 1.807) is 0 Å². The van der Waals surface area contributed by atoms with Gasteiger partial charge in [0.1, 0.15) is 0 Å². The number of carbonyl (C=O) groups excluding carboxylic acids is 1. The highest BCUT2D eigenvalue weighted by Crippen LogP contribution is 2.34. The molecule has 1 rings (SSSR count). The van der Waals surface area contributed by atoms with E-state index in [4.69, 9.17) is 0 Å². The van der Waals surface area contributed by atoms with E-state index in [1.807, 2.05) is 19.0 Å². The highest BCUT2D eigenvalue weighted by Gasteiger charge is 2.40. The summed E-state index contributed by atoms with van der Waals surface area (Å²) in [5.41, 5.74) is -0.526. The van der Waals surface area contributed by atoms with E-state index in [1.165, 1.54) is 0 Å². The molecule has 0 bridgehead atoms. The molecular formula is C14H24F3NO. The fourth-order valence-corrected chi connectivity index (χ4v) is 2.97. The molecule has 0 atom stereocenters. The Morgan fingerprint density at radius 1 is 1.11 bits per heavy atom. The van der Waals surface area contributed by atoms with Gasteiger partial charge in [0.05, 0.1) is 5.54 Å². The molecule has 1 aliphatic carbocycles. The number of nitrogens with zero attached hydrogens (tertiary/aromatic N) is 1. The van der Waals surface area contributed by atoms with Crippen molar-refractivity contribution in [1.29, 1.82) is 0 Å². The van der Waals surface area contributed by atoms with Crippen LogP contribution in [0.4, 0.5) is 13.2 Å². The molecule has 0 radical (unpaired) electrons. The molecule has 0 N–H and O–H groups in total. The van der Waals surface area contributed by atoms with Gasteiger partial charge in [-0.2, -0.15) is 13.2 Å². The van der Waals surface area contributed by atoms with Crippen molar-refractivity contribution in [2.24, 2.45) is 0 Å². The molecule has 1 aliphatic rings. The lowest BCUT2D eigenvalue weighted by Gasteiger charge is -2.38. The van der Waals surface area contributed by atoms with Crippen LogP contribution < -0.4 is 0 Å². The van der Waals surface area contributed by atoms with E-state index >= 15 is 0 Å². The number of hydrogen-bond acceptors (Lipinski definition) is 2. The van der Waals surface area contributed by atoms with Gasteiger partial charge >= 0.3 is 6.18 Å². The van der Waals surface area contributed by atoms with Crippen molar-refractivity contribution in [1.82, 2.24) is 4.90 Å². The molecule has 0 aromatic rings. The van der Waals surface area contributed by atoms with Crippen LogP contribution in [-0.2, 0) is 4.79 Å². The van der Waals surface area contributed by atoms with Gasteiger partial charge in [-0.3, -0.25) is 9.69 Å². The Balaban J connectivity index is 2.62. The van der Waals surface area contributed by atoms with Gasteiger partial charge in [-0.15, -0.1) is 0 Å². The van der Waals surface area contributed by atoms with Crippen molar-refractivity contribution in [3.63, 3.8) is 0 Å². The number of Topliss-reactive ketones (excluding diaryl/α,β-unsaturated/α-hetero) is 1. The van der Waals surface area contributed by atoms with Gasteiger partial charge in [-0.25, -0.2) is 0 Å². The lowest BCUT2D eigenvalue weighted by molar-refractivity contribution is -0.139. The summed E-state index contributed by atoms with van der Waals surface area (Å²) < 4.78 is 36.4. The van der Waals surface area contributed by atoms with Crippen molar-refractivity contribution in [2.45, 2.75) is 69.5 Å². The minimum absolute atomic E-state index is 0.0105. The molecule has 0 aliphatic heterocycles. The molecule has 0 aromatic heterocycles. The predicted molar refractivity (Wildman–Crippen MR) is 69.0 cm³/mol. The van der Waals surface area contributed by atoms with E-state index in [0.717, 1.165) is 38.5 Å². The minimum Gasteiger partial charge on any atom is -0.298 e. The van der Waals surface area contributed by atoms with Crippen LogP contribution in [0.3, 0.4) is 0 Å².